The molecule has 32 heavy (non-hydrogen) atoms. The molecule has 2 aliphatic heterocycles. The third-order valence-electron chi connectivity index (χ3n) is 5.42. The first kappa shape index (κ1) is 22.1. The van der Waals surface area contributed by atoms with E-state index in [9.17, 15) is 18.8 Å². The summed E-state index contributed by atoms with van der Waals surface area (Å²) in [5.41, 5.74) is 1.01. The molecule has 0 spiro atoms. The van der Waals surface area contributed by atoms with Crippen molar-refractivity contribution in [3.05, 3.63) is 70.4 Å². The molecule has 2 heterocycles. The van der Waals surface area contributed by atoms with Crippen LogP contribution in [-0.4, -0.2) is 46.5 Å². The number of carbonyl (C=O) groups is 3. The van der Waals surface area contributed by atoms with Gasteiger partial charge in [0.05, 0.1) is 4.91 Å². The molecule has 0 radical (unpaired) electrons. The van der Waals surface area contributed by atoms with Gasteiger partial charge >= 0.3 is 0 Å². The number of amides is 3. The van der Waals surface area contributed by atoms with E-state index in [0.29, 0.717) is 30.0 Å². The van der Waals surface area contributed by atoms with Gasteiger partial charge in [0.1, 0.15) is 24.7 Å². The van der Waals surface area contributed by atoms with Crippen molar-refractivity contribution in [2.75, 3.05) is 19.6 Å². The molecule has 2 aliphatic rings. The molecule has 0 N–H and O–H groups in total. The first-order valence-electron chi connectivity index (χ1n) is 10.5. The van der Waals surface area contributed by atoms with Crippen molar-refractivity contribution in [1.82, 2.24) is 9.80 Å². The van der Waals surface area contributed by atoms with Crippen molar-refractivity contribution in [1.29, 1.82) is 0 Å². The number of rotatable bonds is 6. The third-order valence-corrected chi connectivity index (χ3v) is 6.33. The number of ether oxygens (including phenoxy) is 1. The van der Waals surface area contributed by atoms with Crippen LogP contribution in [0.2, 0.25) is 0 Å². The van der Waals surface area contributed by atoms with E-state index in [0.717, 1.165) is 35.9 Å². The number of piperidine rings is 1. The first-order valence-corrected chi connectivity index (χ1v) is 11.3. The minimum Gasteiger partial charge on any atom is -0.488 e. The highest BCUT2D eigenvalue weighted by atomic mass is 32.2. The first-order chi connectivity index (χ1) is 15.5. The highest BCUT2D eigenvalue weighted by Crippen LogP contribution is 2.34. The number of para-hydroxylation sites is 1. The molecule has 0 aliphatic carbocycles. The van der Waals surface area contributed by atoms with E-state index in [1.807, 2.05) is 0 Å². The van der Waals surface area contributed by atoms with Gasteiger partial charge in [0, 0.05) is 24.2 Å². The zero-order valence-electron chi connectivity index (χ0n) is 17.5. The van der Waals surface area contributed by atoms with Crippen LogP contribution in [0, 0.1) is 5.82 Å². The predicted molar refractivity (Wildman–Crippen MR) is 120 cm³/mol. The maximum Gasteiger partial charge on any atom is 0.294 e. The SMILES string of the molecule is O=C(CN1C(=O)S/C(=C/c2ccccc2OCc2ccccc2F)C1=O)N1CCCCC1. The van der Waals surface area contributed by atoms with Gasteiger partial charge < -0.3 is 9.64 Å². The third kappa shape index (κ3) is 5.02. The lowest BCUT2D eigenvalue weighted by molar-refractivity contribution is -0.136. The van der Waals surface area contributed by atoms with Gasteiger partial charge in [-0.05, 0) is 49.2 Å². The fraction of sp³-hybridized carbons (Fsp3) is 0.292. The lowest BCUT2D eigenvalue weighted by atomic mass is 10.1. The monoisotopic (exact) mass is 454 g/mol. The summed E-state index contributed by atoms with van der Waals surface area (Å²) in [7, 11) is 0. The van der Waals surface area contributed by atoms with Crippen LogP contribution in [0.15, 0.2) is 53.4 Å². The second kappa shape index (κ2) is 9.99. The Morgan fingerprint density at radius 1 is 1.03 bits per heavy atom. The second-order valence-electron chi connectivity index (χ2n) is 7.63. The van der Waals surface area contributed by atoms with E-state index in [4.69, 9.17) is 4.74 Å². The average molecular weight is 455 g/mol. The van der Waals surface area contributed by atoms with E-state index in [1.165, 1.54) is 6.07 Å². The van der Waals surface area contributed by atoms with Crippen molar-refractivity contribution < 1.29 is 23.5 Å². The number of halogens is 1. The predicted octanol–water partition coefficient (Wildman–Crippen LogP) is 4.45. The smallest absolute Gasteiger partial charge is 0.294 e. The molecule has 8 heteroatoms. The van der Waals surface area contributed by atoms with E-state index < -0.39 is 11.1 Å². The number of carbonyl (C=O) groups excluding carboxylic acids is 3. The summed E-state index contributed by atoms with van der Waals surface area (Å²) < 4.78 is 19.7. The molecule has 2 aromatic carbocycles. The zero-order valence-corrected chi connectivity index (χ0v) is 18.3. The maximum atomic E-state index is 13.9. The summed E-state index contributed by atoms with van der Waals surface area (Å²) in [6, 6.07) is 13.4. The van der Waals surface area contributed by atoms with Crippen LogP contribution in [0.5, 0.6) is 5.75 Å². The summed E-state index contributed by atoms with van der Waals surface area (Å²) in [4.78, 5) is 40.7. The van der Waals surface area contributed by atoms with E-state index in [-0.39, 0.29) is 29.8 Å². The molecule has 2 fully saturated rings. The Bertz CT molecular complexity index is 1070. The summed E-state index contributed by atoms with van der Waals surface area (Å²) in [5.74, 6) is -0.590. The molecule has 0 atom stereocenters. The van der Waals surface area contributed by atoms with Gasteiger partial charge in [0.15, 0.2) is 0 Å². The topological polar surface area (TPSA) is 66.9 Å². The van der Waals surface area contributed by atoms with Gasteiger partial charge in [-0.15, -0.1) is 0 Å². The number of hydrogen-bond donors (Lipinski definition) is 0. The summed E-state index contributed by atoms with van der Waals surface area (Å²) in [5, 5.41) is -0.462. The zero-order chi connectivity index (χ0) is 22.5. The van der Waals surface area contributed by atoms with Crippen LogP contribution in [0.25, 0.3) is 6.08 Å². The molecule has 0 unspecified atom stereocenters. The van der Waals surface area contributed by atoms with E-state index in [1.54, 1.807) is 53.4 Å². The molecular weight excluding hydrogens is 431 g/mol. The molecule has 2 aromatic rings. The Labute approximate surface area is 190 Å². The molecule has 2 saturated heterocycles. The Morgan fingerprint density at radius 2 is 1.75 bits per heavy atom. The van der Waals surface area contributed by atoms with Gasteiger partial charge in [-0.2, -0.15) is 0 Å². The molecule has 4 rings (SSSR count). The number of nitrogens with zero attached hydrogens (tertiary/aromatic N) is 2. The summed E-state index contributed by atoms with van der Waals surface area (Å²) in [6.45, 7) is 1.12. The van der Waals surface area contributed by atoms with Gasteiger partial charge in [-0.25, -0.2) is 4.39 Å². The van der Waals surface area contributed by atoms with Crippen LogP contribution in [0.1, 0.15) is 30.4 Å². The van der Waals surface area contributed by atoms with Crippen molar-refractivity contribution in [2.24, 2.45) is 0 Å². The molecule has 166 valence electrons. The number of benzene rings is 2. The average Bonchev–Trinajstić information content (AvgIpc) is 3.07. The lowest BCUT2D eigenvalue weighted by Crippen LogP contribution is -2.44. The minimum atomic E-state index is -0.491. The fourth-order valence-corrected chi connectivity index (χ4v) is 4.49. The quantitative estimate of drug-likeness (QED) is 0.603. The Hall–Kier alpha value is -3.13. The van der Waals surface area contributed by atoms with Crippen molar-refractivity contribution in [3.63, 3.8) is 0 Å². The summed E-state index contributed by atoms with van der Waals surface area (Å²) in [6.07, 6.45) is 4.55. The lowest BCUT2D eigenvalue weighted by Gasteiger charge is -2.27. The van der Waals surface area contributed by atoms with Gasteiger partial charge in [-0.1, -0.05) is 36.4 Å². The summed E-state index contributed by atoms with van der Waals surface area (Å²) >= 11 is 0.803. The van der Waals surface area contributed by atoms with Gasteiger partial charge in [-0.3, -0.25) is 19.3 Å². The highest BCUT2D eigenvalue weighted by Gasteiger charge is 2.37. The maximum absolute atomic E-state index is 13.9. The minimum absolute atomic E-state index is 0.0311. The standard InChI is InChI=1S/C24H23FN2O4S/c25-19-10-4-2-9-18(19)16-31-20-11-5-3-8-17(20)14-21-23(29)27(24(30)32-21)15-22(28)26-12-6-1-7-13-26/h2-5,8-11,14H,1,6-7,12-13,15-16H2/b21-14+. The Balaban J connectivity index is 1.47. The van der Waals surface area contributed by atoms with Gasteiger partial charge in [0.25, 0.3) is 11.1 Å². The molecule has 0 saturated carbocycles. The highest BCUT2D eigenvalue weighted by molar-refractivity contribution is 8.18. The number of imide groups is 1. The Morgan fingerprint density at radius 3 is 2.53 bits per heavy atom. The molecule has 0 aromatic heterocycles. The second-order valence-corrected chi connectivity index (χ2v) is 8.62. The molecular formula is C24H23FN2O4S. The van der Waals surface area contributed by atoms with E-state index >= 15 is 0 Å². The molecule has 6 nitrogen and oxygen atoms in total. The fourth-order valence-electron chi connectivity index (χ4n) is 3.66. The van der Waals surface area contributed by atoms with Crippen molar-refractivity contribution in [2.45, 2.75) is 25.9 Å². The normalized spacial score (nSPS) is 17.8. The van der Waals surface area contributed by atoms with Crippen LogP contribution in [-0.2, 0) is 16.2 Å². The number of hydrogen-bond acceptors (Lipinski definition) is 5. The molecule has 0 bridgehead atoms. The van der Waals surface area contributed by atoms with Crippen LogP contribution >= 0.6 is 11.8 Å². The van der Waals surface area contributed by atoms with E-state index in [2.05, 4.69) is 0 Å². The van der Waals surface area contributed by atoms with Crippen LogP contribution < -0.4 is 4.74 Å². The van der Waals surface area contributed by atoms with Gasteiger partial charge in [0.2, 0.25) is 5.91 Å². The number of thioether (sulfide) groups is 1. The van der Waals surface area contributed by atoms with Crippen molar-refractivity contribution in [3.8, 4) is 5.75 Å². The molecule has 3 amide bonds. The largest absolute Gasteiger partial charge is 0.488 e. The van der Waals surface area contributed by atoms with Crippen molar-refractivity contribution >= 4 is 34.9 Å². The number of likely N-dealkylation sites (tertiary alicyclic amines) is 1. The van der Waals surface area contributed by atoms with Crippen LogP contribution in [0.3, 0.4) is 0 Å². The Kier molecular flexibility index (Phi) is 6.90. The van der Waals surface area contributed by atoms with Crippen LogP contribution in [0.4, 0.5) is 9.18 Å².